The summed E-state index contributed by atoms with van der Waals surface area (Å²) in [6.45, 7) is -3.29. The van der Waals surface area contributed by atoms with E-state index in [1.807, 2.05) is 0 Å². The lowest BCUT2D eigenvalue weighted by Gasteiger charge is -2.13. The molecule has 0 spiro atoms. The summed E-state index contributed by atoms with van der Waals surface area (Å²) in [6.07, 6.45) is -9.24. The van der Waals surface area contributed by atoms with Gasteiger partial charge in [0.25, 0.3) is 5.24 Å². The molecular weight excluding hydrogens is 330 g/mol. The average molecular weight is 337 g/mol. The van der Waals surface area contributed by atoms with Crippen molar-refractivity contribution in [3.8, 4) is 11.5 Å². The van der Waals surface area contributed by atoms with Crippen LogP contribution in [0.2, 0.25) is 0 Å². The second-order valence-corrected chi connectivity index (χ2v) is 4.08. The van der Waals surface area contributed by atoms with Gasteiger partial charge in [-0.05, 0) is 29.8 Å². The molecule has 0 aliphatic carbocycles. The molecule has 0 fully saturated rings. The van der Waals surface area contributed by atoms with Crippen molar-refractivity contribution in [2.24, 2.45) is 0 Å². The van der Waals surface area contributed by atoms with Gasteiger partial charge in [0.05, 0.1) is 5.56 Å². The fourth-order valence-corrected chi connectivity index (χ4v) is 1.35. The summed E-state index contributed by atoms with van der Waals surface area (Å²) < 4.78 is 80.6. The molecule has 0 saturated carbocycles. The number of carbonyl (C=O) groups excluding carboxylic acids is 1. The molecule has 1 aromatic rings. The summed E-state index contributed by atoms with van der Waals surface area (Å²) in [6, 6.07) is 2.57. The van der Waals surface area contributed by atoms with Crippen LogP contribution in [0, 0.1) is 0 Å². The molecule has 0 unspecified atom stereocenters. The average Bonchev–Trinajstić information content (AvgIpc) is 2.32. The van der Waals surface area contributed by atoms with Gasteiger partial charge in [0.15, 0.2) is 13.2 Å². The smallest absolute Gasteiger partial charge is 0.422 e. The van der Waals surface area contributed by atoms with Crippen molar-refractivity contribution in [3.05, 3.63) is 23.8 Å². The molecule has 0 amide bonds. The molecule has 0 aliphatic heterocycles. The maximum atomic E-state index is 12.0. The van der Waals surface area contributed by atoms with Crippen molar-refractivity contribution >= 4 is 16.8 Å². The Kier molecular flexibility index (Phi) is 5.32. The second-order valence-electron chi connectivity index (χ2n) is 3.74. The molecule has 1 aromatic carbocycles. The lowest BCUT2D eigenvalue weighted by atomic mass is 10.2. The zero-order valence-electron chi connectivity index (χ0n) is 10.0. The van der Waals surface area contributed by atoms with Crippen LogP contribution in [0.4, 0.5) is 26.3 Å². The zero-order chi connectivity index (χ0) is 16.3. The number of hydrogen-bond donors (Lipinski definition) is 0. The van der Waals surface area contributed by atoms with E-state index in [1.54, 1.807) is 0 Å². The molecule has 3 nitrogen and oxygen atoms in total. The van der Waals surface area contributed by atoms with Crippen LogP contribution >= 0.6 is 11.6 Å². The number of carbonyl (C=O) groups is 1. The maximum Gasteiger partial charge on any atom is 0.422 e. The van der Waals surface area contributed by atoms with E-state index < -0.39 is 42.1 Å². The van der Waals surface area contributed by atoms with Crippen molar-refractivity contribution in [1.29, 1.82) is 0 Å². The van der Waals surface area contributed by atoms with E-state index >= 15 is 0 Å². The topological polar surface area (TPSA) is 35.5 Å². The van der Waals surface area contributed by atoms with E-state index in [-0.39, 0.29) is 5.75 Å². The van der Waals surface area contributed by atoms with Crippen LogP contribution in [0.5, 0.6) is 11.5 Å². The monoisotopic (exact) mass is 336 g/mol. The highest BCUT2D eigenvalue weighted by molar-refractivity contribution is 6.68. The number of benzene rings is 1. The molecule has 0 aromatic heterocycles. The second kappa shape index (κ2) is 6.42. The van der Waals surface area contributed by atoms with Gasteiger partial charge in [-0.1, -0.05) is 0 Å². The number of hydrogen-bond acceptors (Lipinski definition) is 3. The lowest BCUT2D eigenvalue weighted by Crippen LogP contribution is -2.20. The number of ether oxygens (including phenoxy) is 2. The molecule has 0 N–H and O–H groups in total. The van der Waals surface area contributed by atoms with Crippen LogP contribution in [-0.2, 0) is 0 Å². The minimum Gasteiger partial charge on any atom is -0.484 e. The van der Waals surface area contributed by atoms with Gasteiger partial charge in [0.1, 0.15) is 11.5 Å². The van der Waals surface area contributed by atoms with Crippen LogP contribution in [0.3, 0.4) is 0 Å². The fraction of sp³-hybridized carbons (Fsp3) is 0.364. The minimum absolute atomic E-state index is 0.379. The van der Waals surface area contributed by atoms with Crippen molar-refractivity contribution in [2.45, 2.75) is 12.4 Å². The van der Waals surface area contributed by atoms with Gasteiger partial charge in [0.2, 0.25) is 0 Å². The first-order chi connectivity index (χ1) is 9.48. The van der Waals surface area contributed by atoms with E-state index in [0.717, 1.165) is 18.2 Å². The summed E-state index contributed by atoms with van der Waals surface area (Å²) in [7, 11) is 0. The largest absolute Gasteiger partial charge is 0.484 e. The highest BCUT2D eigenvalue weighted by Gasteiger charge is 2.30. The highest BCUT2D eigenvalue weighted by atomic mass is 35.5. The third-order valence-electron chi connectivity index (χ3n) is 1.96. The van der Waals surface area contributed by atoms with Crippen molar-refractivity contribution < 1.29 is 40.6 Å². The van der Waals surface area contributed by atoms with Crippen LogP contribution in [-0.4, -0.2) is 30.8 Å². The number of rotatable bonds is 5. The Morgan fingerprint density at radius 3 is 2.00 bits per heavy atom. The molecule has 1 rings (SSSR count). The predicted octanol–water partition coefficient (Wildman–Crippen LogP) is 3.95. The Balaban J connectivity index is 2.89. The van der Waals surface area contributed by atoms with Gasteiger partial charge >= 0.3 is 12.4 Å². The summed E-state index contributed by atoms with van der Waals surface area (Å²) in [5.41, 5.74) is -0.527. The normalized spacial score (nSPS) is 12.1. The number of alkyl halides is 6. The first-order valence-corrected chi connectivity index (χ1v) is 5.59. The van der Waals surface area contributed by atoms with Gasteiger partial charge < -0.3 is 9.47 Å². The van der Waals surface area contributed by atoms with Crippen molar-refractivity contribution in [1.82, 2.24) is 0 Å². The minimum atomic E-state index is -4.64. The molecule has 0 bridgehead atoms. The van der Waals surface area contributed by atoms with E-state index in [9.17, 15) is 31.1 Å². The quantitative estimate of drug-likeness (QED) is 0.603. The molecule has 10 heteroatoms. The number of halogens is 7. The zero-order valence-corrected chi connectivity index (χ0v) is 10.8. The summed E-state index contributed by atoms with van der Waals surface area (Å²) in [4.78, 5) is 11.1. The van der Waals surface area contributed by atoms with Gasteiger partial charge in [-0.2, -0.15) is 26.3 Å². The molecule has 0 heterocycles. The summed E-state index contributed by atoms with van der Waals surface area (Å²) in [5, 5.41) is -1.19. The van der Waals surface area contributed by atoms with Gasteiger partial charge in [-0.3, -0.25) is 4.79 Å². The van der Waals surface area contributed by atoms with Crippen LogP contribution in [0.25, 0.3) is 0 Å². The standard InChI is InChI=1S/C11H7ClF6O3/c12-9(19)7-3-6(20-4-10(13,14)15)1-2-8(7)21-5-11(16,17)18/h1-3H,4-5H2. The van der Waals surface area contributed by atoms with E-state index in [1.165, 1.54) is 0 Å². The third-order valence-corrected chi connectivity index (χ3v) is 2.16. The summed E-state index contributed by atoms with van der Waals surface area (Å²) in [5.74, 6) is -0.887. The van der Waals surface area contributed by atoms with Gasteiger partial charge in [0, 0.05) is 0 Å². The molecule has 0 atom stereocenters. The first-order valence-electron chi connectivity index (χ1n) is 5.21. The predicted molar refractivity (Wildman–Crippen MR) is 59.7 cm³/mol. The van der Waals surface area contributed by atoms with E-state index in [0.29, 0.717) is 0 Å². The summed E-state index contributed by atoms with van der Waals surface area (Å²) >= 11 is 5.14. The van der Waals surface area contributed by atoms with E-state index in [4.69, 9.17) is 11.6 Å². The van der Waals surface area contributed by atoms with Crippen LogP contribution in [0.1, 0.15) is 10.4 Å². The Bertz CT molecular complexity index is 512. The Morgan fingerprint density at radius 1 is 1.00 bits per heavy atom. The Morgan fingerprint density at radius 2 is 1.52 bits per heavy atom. The lowest BCUT2D eigenvalue weighted by molar-refractivity contribution is -0.154. The highest BCUT2D eigenvalue weighted by Crippen LogP contribution is 2.28. The molecule has 0 radical (unpaired) electrons. The SMILES string of the molecule is O=C(Cl)c1cc(OCC(F)(F)F)ccc1OCC(F)(F)F. The maximum absolute atomic E-state index is 12.0. The van der Waals surface area contributed by atoms with Crippen LogP contribution < -0.4 is 9.47 Å². The fourth-order valence-electron chi connectivity index (χ4n) is 1.20. The van der Waals surface area contributed by atoms with Gasteiger partial charge in [-0.25, -0.2) is 0 Å². The molecule has 21 heavy (non-hydrogen) atoms. The van der Waals surface area contributed by atoms with Gasteiger partial charge in [-0.15, -0.1) is 0 Å². The molecule has 0 saturated heterocycles. The molecule has 118 valence electrons. The first kappa shape index (κ1) is 17.4. The molecular formula is C11H7ClF6O3. The Labute approximate surface area is 119 Å². The third kappa shape index (κ3) is 6.56. The van der Waals surface area contributed by atoms with Crippen molar-refractivity contribution in [3.63, 3.8) is 0 Å². The van der Waals surface area contributed by atoms with Crippen LogP contribution in [0.15, 0.2) is 18.2 Å². The van der Waals surface area contributed by atoms with Crippen molar-refractivity contribution in [2.75, 3.05) is 13.2 Å². The molecule has 0 aliphatic rings. The van der Waals surface area contributed by atoms with E-state index in [2.05, 4.69) is 9.47 Å². The Hall–Kier alpha value is -1.64.